The Morgan fingerprint density at radius 2 is 2.05 bits per heavy atom. The van der Waals surface area contributed by atoms with Crippen LogP contribution in [0.3, 0.4) is 0 Å². The Labute approximate surface area is 118 Å². The van der Waals surface area contributed by atoms with Gasteiger partial charge in [0, 0.05) is 36.7 Å². The number of benzene rings is 1. The molecule has 0 aliphatic rings. The van der Waals surface area contributed by atoms with Gasteiger partial charge in [0.2, 0.25) is 5.82 Å². The van der Waals surface area contributed by atoms with Crippen molar-refractivity contribution in [1.29, 1.82) is 0 Å². The second-order valence-corrected chi connectivity index (χ2v) is 4.98. The van der Waals surface area contributed by atoms with Crippen molar-refractivity contribution in [1.82, 2.24) is 5.32 Å². The molecule has 0 radical (unpaired) electrons. The number of hydrogen-bond acceptors (Lipinski definition) is 4. The van der Waals surface area contributed by atoms with Gasteiger partial charge in [-0.1, -0.05) is 26.0 Å². The molecule has 5 nitrogen and oxygen atoms in total. The summed E-state index contributed by atoms with van der Waals surface area (Å²) >= 11 is 0. The van der Waals surface area contributed by atoms with E-state index in [4.69, 9.17) is 0 Å². The third-order valence-corrected chi connectivity index (χ3v) is 3.91. The monoisotopic (exact) mass is 284 g/mol. The number of nitrogens with zero attached hydrogens (tertiary/aromatic N) is 1. The molecule has 0 atom stereocenters. The van der Waals surface area contributed by atoms with Crippen molar-refractivity contribution in [3.8, 4) is 0 Å². The molecular formula is C14H21FN2O3. The van der Waals surface area contributed by atoms with Gasteiger partial charge in [-0.05, 0) is 12.8 Å². The van der Waals surface area contributed by atoms with Gasteiger partial charge in [0.15, 0.2) is 0 Å². The molecule has 20 heavy (non-hydrogen) atoms. The molecular weight excluding hydrogens is 263 g/mol. The van der Waals surface area contributed by atoms with Crippen molar-refractivity contribution in [3.63, 3.8) is 0 Å². The lowest BCUT2D eigenvalue weighted by Gasteiger charge is -2.29. The molecule has 112 valence electrons. The molecule has 0 bridgehead atoms. The molecule has 0 aliphatic carbocycles. The Morgan fingerprint density at radius 3 is 2.55 bits per heavy atom. The number of aliphatic hydroxyl groups excluding tert-OH is 1. The van der Waals surface area contributed by atoms with Gasteiger partial charge in [-0.2, -0.15) is 4.39 Å². The third-order valence-electron chi connectivity index (χ3n) is 3.91. The van der Waals surface area contributed by atoms with Gasteiger partial charge < -0.3 is 10.4 Å². The fourth-order valence-corrected chi connectivity index (χ4v) is 2.09. The highest BCUT2D eigenvalue weighted by Gasteiger charge is 2.25. The standard InChI is InChI=1S/C14H21FN2O3/c1-3-14(4-2,10-18)9-16-8-11-6-5-7-12(13(11)15)17(19)20/h5-7,16,18H,3-4,8-10H2,1-2H3. The number of rotatable bonds is 8. The Kier molecular flexibility index (Phi) is 6.04. The molecule has 1 aromatic carbocycles. The Balaban J connectivity index is 2.71. The van der Waals surface area contributed by atoms with Gasteiger partial charge in [0.25, 0.3) is 0 Å². The number of hydrogen-bond donors (Lipinski definition) is 2. The summed E-state index contributed by atoms with van der Waals surface area (Å²) in [7, 11) is 0. The van der Waals surface area contributed by atoms with E-state index in [2.05, 4.69) is 5.32 Å². The third kappa shape index (κ3) is 3.74. The highest BCUT2D eigenvalue weighted by Crippen LogP contribution is 2.25. The molecule has 2 N–H and O–H groups in total. The van der Waals surface area contributed by atoms with Crippen molar-refractivity contribution in [2.24, 2.45) is 5.41 Å². The van der Waals surface area contributed by atoms with E-state index in [0.717, 1.165) is 18.9 Å². The second-order valence-electron chi connectivity index (χ2n) is 4.98. The molecule has 0 heterocycles. The largest absolute Gasteiger partial charge is 0.396 e. The summed E-state index contributed by atoms with van der Waals surface area (Å²) in [5, 5.41) is 23.2. The summed E-state index contributed by atoms with van der Waals surface area (Å²) in [4.78, 5) is 9.93. The number of nitro benzene ring substituents is 1. The number of nitro groups is 1. The minimum atomic E-state index is -0.799. The van der Waals surface area contributed by atoms with E-state index in [1.54, 1.807) is 0 Å². The van der Waals surface area contributed by atoms with Crippen LogP contribution < -0.4 is 5.32 Å². The molecule has 0 unspecified atom stereocenters. The Morgan fingerprint density at radius 1 is 1.40 bits per heavy atom. The van der Waals surface area contributed by atoms with Gasteiger partial charge in [-0.3, -0.25) is 10.1 Å². The predicted octanol–water partition coefficient (Wildman–Crippen LogP) is 2.62. The zero-order valence-electron chi connectivity index (χ0n) is 11.9. The topological polar surface area (TPSA) is 75.4 Å². The summed E-state index contributed by atoms with van der Waals surface area (Å²) in [6.45, 7) is 4.79. The van der Waals surface area contributed by atoms with Gasteiger partial charge in [0.1, 0.15) is 0 Å². The number of halogens is 1. The van der Waals surface area contributed by atoms with Crippen LogP contribution in [0.1, 0.15) is 32.3 Å². The van der Waals surface area contributed by atoms with Crippen molar-refractivity contribution < 1.29 is 14.4 Å². The first-order valence-corrected chi connectivity index (χ1v) is 6.73. The summed E-state index contributed by atoms with van der Waals surface area (Å²) in [5.41, 5.74) is -0.473. The highest BCUT2D eigenvalue weighted by atomic mass is 19.1. The molecule has 0 amide bonds. The fraction of sp³-hybridized carbons (Fsp3) is 0.571. The average Bonchev–Trinajstić information content (AvgIpc) is 2.45. The van der Waals surface area contributed by atoms with Crippen molar-refractivity contribution in [2.75, 3.05) is 13.2 Å². The van der Waals surface area contributed by atoms with Crippen LogP contribution in [0.5, 0.6) is 0 Å². The molecule has 0 saturated carbocycles. The lowest BCUT2D eigenvalue weighted by atomic mass is 9.83. The van der Waals surface area contributed by atoms with Crippen LogP contribution in [0.4, 0.5) is 10.1 Å². The molecule has 0 aromatic heterocycles. The normalized spacial score (nSPS) is 11.6. The maximum absolute atomic E-state index is 13.9. The van der Waals surface area contributed by atoms with E-state index < -0.39 is 16.4 Å². The van der Waals surface area contributed by atoms with Gasteiger partial charge >= 0.3 is 5.69 Å². The van der Waals surface area contributed by atoms with Crippen LogP contribution in [0, 0.1) is 21.3 Å². The van der Waals surface area contributed by atoms with E-state index in [0.29, 0.717) is 6.54 Å². The Bertz CT molecular complexity index is 453. The number of nitrogens with one attached hydrogen (secondary N) is 1. The zero-order chi connectivity index (χ0) is 15.2. The molecule has 6 heteroatoms. The predicted molar refractivity (Wildman–Crippen MR) is 74.9 cm³/mol. The highest BCUT2D eigenvalue weighted by molar-refractivity contribution is 5.36. The molecule has 0 spiro atoms. The van der Waals surface area contributed by atoms with Crippen LogP contribution in [0.2, 0.25) is 0 Å². The smallest absolute Gasteiger partial charge is 0.305 e. The second kappa shape index (κ2) is 7.31. The molecule has 1 rings (SSSR count). The van der Waals surface area contributed by atoms with Crippen molar-refractivity contribution in [2.45, 2.75) is 33.2 Å². The molecule has 1 aromatic rings. The first kappa shape index (κ1) is 16.5. The van der Waals surface area contributed by atoms with E-state index in [9.17, 15) is 19.6 Å². The maximum Gasteiger partial charge on any atom is 0.305 e. The molecule has 0 saturated heterocycles. The fourth-order valence-electron chi connectivity index (χ4n) is 2.09. The summed E-state index contributed by atoms with van der Waals surface area (Å²) in [5.74, 6) is -0.799. The minimum Gasteiger partial charge on any atom is -0.396 e. The quantitative estimate of drug-likeness (QED) is 0.568. The summed E-state index contributed by atoms with van der Waals surface area (Å²) in [6, 6.07) is 4.14. The zero-order valence-corrected chi connectivity index (χ0v) is 11.9. The SMILES string of the molecule is CCC(CC)(CO)CNCc1cccc([N+](=O)[O-])c1F. The van der Waals surface area contributed by atoms with E-state index in [1.807, 2.05) is 13.8 Å². The lowest BCUT2D eigenvalue weighted by Crippen LogP contribution is -2.36. The molecule has 0 aliphatic heterocycles. The van der Waals surface area contributed by atoms with Gasteiger partial charge in [0.05, 0.1) is 4.92 Å². The van der Waals surface area contributed by atoms with Crippen LogP contribution in [-0.4, -0.2) is 23.2 Å². The van der Waals surface area contributed by atoms with Crippen molar-refractivity contribution >= 4 is 5.69 Å². The van der Waals surface area contributed by atoms with E-state index in [1.165, 1.54) is 12.1 Å². The first-order chi connectivity index (χ1) is 9.49. The average molecular weight is 284 g/mol. The minimum absolute atomic E-state index is 0.0599. The van der Waals surface area contributed by atoms with Crippen LogP contribution in [-0.2, 0) is 6.54 Å². The van der Waals surface area contributed by atoms with Gasteiger partial charge in [-0.25, -0.2) is 0 Å². The molecule has 0 fully saturated rings. The van der Waals surface area contributed by atoms with Crippen LogP contribution in [0.25, 0.3) is 0 Å². The summed E-state index contributed by atoms with van der Waals surface area (Å²) in [6.07, 6.45) is 1.62. The Hall–Kier alpha value is -1.53. The van der Waals surface area contributed by atoms with Crippen LogP contribution in [0.15, 0.2) is 18.2 Å². The summed E-state index contributed by atoms with van der Waals surface area (Å²) < 4.78 is 13.9. The van der Waals surface area contributed by atoms with E-state index >= 15 is 0 Å². The van der Waals surface area contributed by atoms with Crippen LogP contribution >= 0.6 is 0 Å². The maximum atomic E-state index is 13.9. The number of aliphatic hydroxyl groups is 1. The van der Waals surface area contributed by atoms with E-state index in [-0.39, 0.29) is 24.1 Å². The van der Waals surface area contributed by atoms with Crippen molar-refractivity contribution in [3.05, 3.63) is 39.7 Å². The van der Waals surface area contributed by atoms with Gasteiger partial charge in [-0.15, -0.1) is 0 Å². The first-order valence-electron chi connectivity index (χ1n) is 6.73. The lowest BCUT2D eigenvalue weighted by molar-refractivity contribution is -0.387.